The fourth-order valence-corrected chi connectivity index (χ4v) is 1.69. The number of rotatable bonds is 3. The van der Waals surface area contributed by atoms with Gasteiger partial charge < -0.3 is 4.57 Å². The fourth-order valence-electron chi connectivity index (χ4n) is 1.01. The van der Waals surface area contributed by atoms with E-state index in [1.54, 1.807) is 12.5 Å². The molecule has 0 aliphatic heterocycles. The van der Waals surface area contributed by atoms with Crippen LogP contribution < -0.4 is 0 Å². The number of sulfone groups is 1. The molecule has 0 N–H and O–H groups in total. The standard InChI is InChI=1S/C8H14N2O2S/c1-7(2)10-4-8(9-6-10)5-13(3,11)12/h4,6-7H,5H2,1-3H3. The van der Waals surface area contributed by atoms with Crippen LogP contribution in [0.5, 0.6) is 0 Å². The second-order valence-corrected chi connectivity index (χ2v) is 5.62. The van der Waals surface area contributed by atoms with Crippen molar-refractivity contribution in [3.63, 3.8) is 0 Å². The summed E-state index contributed by atoms with van der Waals surface area (Å²) in [6.45, 7) is 4.04. The van der Waals surface area contributed by atoms with Crippen LogP contribution >= 0.6 is 0 Å². The molecule has 74 valence electrons. The minimum absolute atomic E-state index is 0.0206. The van der Waals surface area contributed by atoms with Gasteiger partial charge in [-0.25, -0.2) is 13.4 Å². The molecule has 0 unspecified atom stereocenters. The number of imidazole rings is 1. The third-order valence-electron chi connectivity index (χ3n) is 1.66. The average Bonchev–Trinajstić information content (AvgIpc) is 2.31. The highest BCUT2D eigenvalue weighted by Crippen LogP contribution is 2.07. The topological polar surface area (TPSA) is 52.0 Å². The van der Waals surface area contributed by atoms with Gasteiger partial charge in [-0.05, 0) is 13.8 Å². The van der Waals surface area contributed by atoms with Gasteiger partial charge in [0.25, 0.3) is 0 Å². The number of aromatic nitrogens is 2. The Balaban J connectivity index is 2.81. The van der Waals surface area contributed by atoms with Crippen LogP contribution in [-0.4, -0.2) is 24.2 Å². The summed E-state index contributed by atoms with van der Waals surface area (Å²) in [5, 5.41) is 0. The van der Waals surface area contributed by atoms with E-state index in [0.29, 0.717) is 11.7 Å². The molecule has 0 spiro atoms. The van der Waals surface area contributed by atoms with Crippen molar-refractivity contribution >= 4 is 9.84 Å². The Hall–Kier alpha value is -0.840. The third-order valence-corrected chi connectivity index (χ3v) is 2.48. The molecule has 5 heteroatoms. The Morgan fingerprint density at radius 3 is 2.54 bits per heavy atom. The van der Waals surface area contributed by atoms with Gasteiger partial charge in [-0.2, -0.15) is 0 Å². The SMILES string of the molecule is CC(C)n1cnc(CS(C)(=O)=O)c1. The van der Waals surface area contributed by atoms with E-state index >= 15 is 0 Å². The highest BCUT2D eigenvalue weighted by atomic mass is 32.2. The van der Waals surface area contributed by atoms with Crippen molar-refractivity contribution in [3.05, 3.63) is 18.2 Å². The Labute approximate surface area is 78.5 Å². The summed E-state index contributed by atoms with van der Waals surface area (Å²) in [6, 6.07) is 0.320. The lowest BCUT2D eigenvalue weighted by Crippen LogP contribution is -2.01. The lowest BCUT2D eigenvalue weighted by Gasteiger charge is -2.03. The molecule has 1 aromatic heterocycles. The molecular weight excluding hydrogens is 188 g/mol. The van der Waals surface area contributed by atoms with E-state index in [1.165, 1.54) is 6.26 Å². The van der Waals surface area contributed by atoms with Crippen molar-refractivity contribution in [2.45, 2.75) is 25.6 Å². The maximum absolute atomic E-state index is 10.9. The van der Waals surface area contributed by atoms with Crippen molar-refractivity contribution < 1.29 is 8.42 Å². The van der Waals surface area contributed by atoms with Crippen LogP contribution in [0.4, 0.5) is 0 Å². The quantitative estimate of drug-likeness (QED) is 0.735. The zero-order valence-electron chi connectivity index (χ0n) is 8.06. The van der Waals surface area contributed by atoms with Crippen LogP contribution in [0.15, 0.2) is 12.5 Å². The van der Waals surface area contributed by atoms with Gasteiger partial charge in [-0.3, -0.25) is 0 Å². The molecule has 1 rings (SSSR count). The molecule has 0 radical (unpaired) electrons. The largest absolute Gasteiger partial charge is 0.335 e. The zero-order chi connectivity index (χ0) is 10.1. The summed E-state index contributed by atoms with van der Waals surface area (Å²) in [6.07, 6.45) is 4.64. The Kier molecular flexibility index (Phi) is 2.75. The van der Waals surface area contributed by atoms with Crippen LogP contribution in [0.2, 0.25) is 0 Å². The van der Waals surface area contributed by atoms with Gasteiger partial charge in [-0.15, -0.1) is 0 Å². The van der Waals surface area contributed by atoms with E-state index in [-0.39, 0.29) is 5.75 Å². The minimum Gasteiger partial charge on any atom is -0.335 e. The average molecular weight is 202 g/mol. The predicted molar refractivity (Wildman–Crippen MR) is 51.2 cm³/mol. The Morgan fingerprint density at radius 2 is 2.15 bits per heavy atom. The van der Waals surface area contributed by atoms with Gasteiger partial charge >= 0.3 is 0 Å². The van der Waals surface area contributed by atoms with Crippen molar-refractivity contribution in [1.29, 1.82) is 0 Å². The molecule has 0 aliphatic carbocycles. The first-order chi connectivity index (χ1) is 5.88. The lowest BCUT2D eigenvalue weighted by molar-refractivity contribution is 0.596. The second kappa shape index (κ2) is 3.49. The van der Waals surface area contributed by atoms with Gasteiger partial charge in [0.05, 0.1) is 17.8 Å². The monoisotopic (exact) mass is 202 g/mol. The minimum atomic E-state index is -2.97. The fraction of sp³-hybridized carbons (Fsp3) is 0.625. The first-order valence-electron chi connectivity index (χ1n) is 4.08. The van der Waals surface area contributed by atoms with Gasteiger partial charge in [0.2, 0.25) is 0 Å². The van der Waals surface area contributed by atoms with Gasteiger partial charge in [0.15, 0.2) is 9.84 Å². The van der Waals surface area contributed by atoms with Crippen LogP contribution in [0, 0.1) is 0 Å². The summed E-state index contributed by atoms with van der Waals surface area (Å²) in [4.78, 5) is 4.01. The molecule has 0 atom stereocenters. The van der Waals surface area contributed by atoms with Crippen molar-refractivity contribution in [1.82, 2.24) is 9.55 Å². The molecule has 0 aromatic carbocycles. The van der Waals surface area contributed by atoms with Crippen molar-refractivity contribution in [3.8, 4) is 0 Å². The van der Waals surface area contributed by atoms with Crippen molar-refractivity contribution in [2.75, 3.05) is 6.26 Å². The first kappa shape index (κ1) is 10.2. The highest BCUT2D eigenvalue weighted by molar-refractivity contribution is 7.89. The molecule has 1 heterocycles. The van der Waals surface area contributed by atoms with E-state index in [1.807, 2.05) is 18.4 Å². The molecule has 0 amide bonds. The van der Waals surface area contributed by atoms with E-state index in [9.17, 15) is 8.42 Å². The Morgan fingerprint density at radius 1 is 1.54 bits per heavy atom. The maximum Gasteiger partial charge on any atom is 0.153 e. The number of nitrogens with zero attached hydrogens (tertiary/aromatic N) is 2. The molecule has 13 heavy (non-hydrogen) atoms. The van der Waals surface area contributed by atoms with Crippen LogP contribution in [0.3, 0.4) is 0 Å². The Bertz CT molecular complexity index is 379. The van der Waals surface area contributed by atoms with Crippen LogP contribution in [0.1, 0.15) is 25.6 Å². The van der Waals surface area contributed by atoms with Crippen LogP contribution in [-0.2, 0) is 15.6 Å². The lowest BCUT2D eigenvalue weighted by atomic mass is 10.4. The molecule has 0 saturated heterocycles. The molecule has 0 saturated carbocycles. The molecular formula is C8H14N2O2S. The highest BCUT2D eigenvalue weighted by Gasteiger charge is 2.07. The van der Waals surface area contributed by atoms with E-state index < -0.39 is 9.84 Å². The van der Waals surface area contributed by atoms with Gasteiger partial charge in [0, 0.05) is 18.5 Å². The number of hydrogen-bond acceptors (Lipinski definition) is 3. The predicted octanol–water partition coefficient (Wildman–Crippen LogP) is 1.01. The van der Waals surface area contributed by atoms with E-state index in [2.05, 4.69) is 4.98 Å². The second-order valence-electron chi connectivity index (χ2n) is 3.48. The third kappa shape index (κ3) is 3.18. The van der Waals surface area contributed by atoms with Gasteiger partial charge in [0.1, 0.15) is 0 Å². The van der Waals surface area contributed by atoms with Crippen molar-refractivity contribution in [2.24, 2.45) is 0 Å². The summed E-state index contributed by atoms with van der Waals surface area (Å²) in [5.74, 6) is 0.0206. The summed E-state index contributed by atoms with van der Waals surface area (Å²) >= 11 is 0. The molecule has 0 aliphatic rings. The van der Waals surface area contributed by atoms with E-state index in [4.69, 9.17) is 0 Å². The molecule has 0 fully saturated rings. The molecule has 4 nitrogen and oxygen atoms in total. The molecule has 1 aromatic rings. The molecule has 0 bridgehead atoms. The maximum atomic E-state index is 10.9. The van der Waals surface area contributed by atoms with E-state index in [0.717, 1.165) is 0 Å². The number of hydrogen-bond donors (Lipinski definition) is 0. The zero-order valence-corrected chi connectivity index (χ0v) is 8.87. The first-order valence-corrected chi connectivity index (χ1v) is 6.14. The summed E-state index contributed by atoms with van der Waals surface area (Å²) in [7, 11) is -2.97. The normalized spacial score (nSPS) is 12.3. The van der Waals surface area contributed by atoms with Gasteiger partial charge in [-0.1, -0.05) is 0 Å². The smallest absolute Gasteiger partial charge is 0.153 e. The summed E-state index contributed by atoms with van der Waals surface area (Å²) in [5.41, 5.74) is 0.608. The van der Waals surface area contributed by atoms with Crippen LogP contribution in [0.25, 0.3) is 0 Å². The summed E-state index contributed by atoms with van der Waals surface area (Å²) < 4.78 is 23.8.